The van der Waals surface area contributed by atoms with Crippen molar-refractivity contribution < 1.29 is 32.2 Å². The molecular weight excluding hydrogens is 460 g/mol. The zero-order chi connectivity index (χ0) is 24.6. The lowest BCUT2D eigenvalue weighted by atomic mass is 9.99. The lowest BCUT2D eigenvalue weighted by Gasteiger charge is -2.26. The third-order valence-electron chi connectivity index (χ3n) is 5.48. The molecule has 1 fully saturated rings. The molecule has 0 bridgehead atoms. The number of nitrogens with zero attached hydrogens (tertiary/aromatic N) is 1. The molecule has 0 radical (unpaired) electrons. The Kier molecular flexibility index (Phi) is 9.03. The van der Waals surface area contributed by atoms with Gasteiger partial charge in [0.2, 0.25) is 10.0 Å². The molecule has 1 saturated heterocycles. The lowest BCUT2D eigenvalue weighted by Crippen LogP contribution is -2.40. The molecular formula is C24H30N2O7S. The van der Waals surface area contributed by atoms with E-state index in [1.165, 1.54) is 29.6 Å². The highest BCUT2D eigenvalue weighted by Crippen LogP contribution is 2.25. The number of hydrogen-bond donors (Lipinski definition) is 1. The Hall–Kier alpha value is -2.95. The van der Waals surface area contributed by atoms with E-state index in [0.717, 1.165) is 5.56 Å². The summed E-state index contributed by atoms with van der Waals surface area (Å²) < 4.78 is 43.1. The van der Waals surface area contributed by atoms with Crippen LogP contribution in [0.4, 0.5) is 0 Å². The summed E-state index contributed by atoms with van der Waals surface area (Å²) in [7, 11) is -2.39. The smallest absolute Gasteiger partial charge is 0.311 e. The van der Waals surface area contributed by atoms with Gasteiger partial charge in [0.25, 0.3) is 5.91 Å². The minimum atomic E-state index is -3.79. The quantitative estimate of drug-likeness (QED) is 0.506. The molecule has 184 valence electrons. The van der Waals surface area contributed by atoms with Crippen molar-refractivity contribution in [1.29, 1.82) is 0 Å². The monoisotopic (exact) mass is 490 g/mol. The van der Waals surface area contributed by atoms with Crippen molar-refractivity contribution in [3.8, 4) is 5.75 Å². The van der Waals surface area contributed by atoms with E-state index >= 15 is 0 Å². The van der Waals surface area contributed by atoms with E-state index < -0.39 is 27.8 Å². The fourth-order valence-electron chi connectivity index (χ4n) is 3.67. The maximum atomic E-state index is 13.0. The van der Waals surface area contributed by atoms with Crippen LogP contribution in [0, 0.1) is 5.92 Å². The highest BCUT2D eigenvalue weighted by Gasteiger charge is 2.28. The van der Waals surface area contributed by atoms with Crippen LogP contribution in [0.5, 0.6) is 5.75 Å². The first-order chi connectivity index (χ1) is 16.4. The molecule has 1 aliphatic heterocycles. The van der Waals surface area contributed by atoms with Crippen LogP contribution in [0.1, 0.15) is 22.8 Å². The summed E-state index contributed by atoms with van der Waals surface area (Å²) in [4.78, 5) is 25.5. The number of sulfonamides is 1. The second kappa shape index (κ2) is 12.0. The molecule has 0 saturated carbocycles. The average Bonchev–Trinajstić information content (AvgIpc) is 2.87. The van der Waals surface area contributed by atoms with Gasteiger partial charge in [-0.3, -0.25) is 9.59 Å². The summed E-state index contributed by atoms with van der Waals surface area (Å²) in [6.07, 6.45) is 0.391. The van der Waals surface area contributed by atoms with Crippen molar-refractivity contribution in [2.75, 3.05) is 46.6 Å². The fraction of sp³-hybridized carbons (Fsp3) is 0.417. The number of esters is 1. The number of morpholine rings is 1. The number of carbonyl (C=O) groups is 2. The molecule has 1 amide bonds. The minimum absolute atomic E-state index is 0.00780. The van der Waals surface area contributed by atoms with E-state index in [1.807, 2.05) is 30.3 Å². The largest absolute Gasteiger partial charge is 0.496 e. The molecule has 34 heavy (non-hydrogen) atoms. The molecule has 1 aliphatic rings. The third kappa shape index (κ3) is 6.34. The molecule has 3 rings (SSSR count). The van der Waals surface area contributed by atoms with Gasteiger partial charge in [-0.05, 0) is 37.1 Å². The number of amides is 1. The van der Waals surface area contributed by atoms with Gasteiger partial charge in [0.15, 0.2) is 0 Å². The molecule has 9 nitrogen and oxygen atoms in total. The summed E-state index contributed by atoms with van der Waals surface area (Å²) in [5, 5.41) is 2.74. The molecule has 10 heteroatoms. The van der Waals surface area contributed by atoms with Gasteiger partial charge >= 0.3 is 5.97 Å². The van der Waals surface area contributed by atoms with E-state index in [2.05, 4.69) is 5.32 Å². The van der Waals surface area contributed by atoms with Crippen LogP contribution in [0.3, 0.4) is 0 Å². The van der Waals surface area contributed by atoms with Crippen LogP contribution in [-0.2, 0) is 30.7 Å². The SMILES string of the molecule is CCOC(=O)C(CNC(=O)c1cc(S(=O)(=O)N2CCOCC2)ccc1OC)Cc1ccccc1. The van der Waals surface area contributed by atoms with Crippen LogP contribution in [0.25, 0.3) is 0 Å². The van der Waals surface area contributed by atoms with Gasteiger partial charge in [-0.15, -0.1) is 0 Å². The maximum absolute atomic E-state index is 13.0. The second-order valence-corrected chi connectivity index (χ2v) is 9.67. The Labute approximate surface area is 200 Å². The molecule has 2 aromatic carbocycles. The molecule has 0 aliphatic carbocycles. The van der Waals surface area contributed by atoms with Gasteiger partial charge in [0.05, 0.1) is 43.3 Å². The van der Waals surface area contributed by atoms with Crippen LogP contribution >= 0.6 is 0 Å². The first kappa shape index (κ1) is 25.7. The predicted octanol–water partition coefficient (Wildman–Crippen LogP) is 1.87. The first-order valence-corrected chi connectivity index (χ1v) is 12.6. The van der Waals surface area contributed by atoms with Gasteiger partial charge in [-0.1, -0.05) is 30.3 Å². The number of nitrogens with one attached hydrogen (secondary N) is 1. The normalized spacial score (nSPS) is 15.4. The lowest BCUT2D eigenvalue weighted by molar-refractivity contribution is -0.147. The van der Waals surface area contributed by atoms with E-state index in [0.29, 0.717) is 19.6 Å². The Morgan fingerprint density at radius 3 is 2.47 bits per heavy atom. The van der Waals surface area contributed by atoms with E-state index in [9.17, 15) is 18.0 Å². The summed E-state index contributed by atoms with van der Waals surface area (Å²) in [6, 6.07) is 13.6. The topological polar surface area (TPSA) is 111 Å². The summed E-state index contributed by atoms with van der Waals surface area (Å²) >= 11 is 0. The van der Waals surface area contributed by atoms with Gasteiger partial charge in [0.1, 0.15) is 5.75 Å². The molecule has 0 spiro atoms. The molecule has 1 unspecified atom stereocenters. The van der Waals surface area contributed by atoms with Gasteiger partial charge in [0, 0.05) is 19.6 Å². The van der Waals surface area contributed by atoms with E-state index in [4.69, 9.17) is 14.2 Å². The summed E-state index contributed by atoms with van der Waals surface area (Å²) in [6.45, 7) is 3.11. The van der Waals surface area contributed by atoms with Crippen molar-refractivity contribution >= 4 is 21.9 Å². The average molecular weight is 491 g/mol. The highest BCUT2D eigenvalue weighted by atomic mass is 32.2. The Morgan fingerprint density at radius 2 is 1.82 bits per heavy atom. The Morgan fingerprint density at radius 1 is 1.12 bits per heavy atom. The molecule has 2 aromatic rings. The van der Waals surface area contributed by atoms with Crippen LogP contribution in [0.2, 0.25) is 0 Å². The number of rotatable bonds is 10. The van der Waals surface area contributed by atoms with Crippen LogP contribution in [0.15, 0.2) is 53.4 Å². The van der Waals surface area contributed by atoms with Gasteiger partial charge in [-0.2, -0.15) is 4.31 Å². The van der Waals surface area contributed by atoms with Crippen molar-refractivity contribution in [1.82, 2.24) is 9.62 Å². The maximum Gasteiger partial charge on any atom is 0.311 e. The van der Waals surface area contributed by atoms with Gasteiger partial charge in [-0.25, -0.2) is 8.42 Å². The van der Waals surface area contributed by atoms with Crippen molar-refractivity contribution in [3.05, 3.63) is 59.7 Å². The summed E-state index contributed by atoms with van der Waals surface area (Å²) in [5.74, 6) is -1.33. The highest BCUT2D eigenvalue weighted by molar-refractivity contribution is 7.89. The Balaban J connectivity index is 1.79. The zero-order valence-corrected chi connectivity index (χ0v) is 20.2. The number of carbonyl (C=O) groups excluding carboxylic acids is 2. The summed E-state index contributed by atoms with van der Waals surface area (Å²) in [5.41, 5.74) is 1.00. The molecule has 1 atom stereocenters. The van der Waals surface area contributed by atoms with Crippen LogP contribution in [-0.4, -0.2) is 71.2 Å². The third-order valence-corrected chi connectivity index (χ3v) is 7.37. The molecule has 0 aromatic heterocycles. The number of hydrogen-bond acceptors (Lipinski definition) is 7. The van der Waals surface area contributed by atoms with Crippen molar-refractivity contribution in [2.24, 2.45) is 5.92 Å². The predicted molar refractivity (Wildman–Crippen MR) is 125 cm³/mol. The first-order valence-electron chi connectivity index (χ1n) is 11.1. The number of benzene rings is 2. The minimum Gasteiger partial charge on any atom is -0.496 e. The Bertz CT molecular complexity index is 1080. The molecule has 1 N–H and O–H groups in total. The van der Waals surface area contributed by atoms with E-state index in [-0.39, 0.29) is 42.4 Å². The number of methoxy groups -OCH3 is 1. The molecule has 1 heterocycles. The van der Waals surface area contributed by atoms with Gasteiger partial charge < -0.3 is 19.5 Å². The second-order valence-electron chi connectivity index (χ2n) is 7.73. The van der Waals surface area contributed by atoms with Crippen molar-refractivity contribution in [3.63, 3.8) is 0 Å². The van der Waals surface area contributed by atoms with Crippen molar-refractivity contribution in [2.45, 2.75) is 18.2 Å². The standard InChI is InChI=1S/C24H30N2O7S/c1-3-33-24(28)19(15-18-7-5-4-6-8-18)17-25-23(27)21-16-20(9-10-22(21)31-2)34(29,30)26-11-13-32-14-12-26/h4-10,16,19H,3,11-15,17H2,1-2H3,(H,25,27). The zero-order valence-electron chi connectivity index (χ0n) is 19.4. The number of ether oxygens (including phenoxy) is 3. The van der Waals surface area contributed by atoms with E-state index in [1.54, 1.807) is 6.92 Å². The fourth-order valence-corrected chi connectivity index (χ4v) is 5.10. The van der Waals surface area contributed by atoms with Crippen LogP contribution < -0.4 is 10.1 Å².